The minimum Gasteiger partial charge on any atom is -0.451 e. The van der Waals surface area contributed by atoms with Gasteiger partial charge >= 0.3 is 5.97 Å². The zero-order valence-corrected chi connectivity index (χ0v) is 14.8. The molecule has 2 aromatic carbocycles. The summed E-state index contributed by atoms with van der Waals surface area (Å²) < 4.78 is 37.1. The third kappa shape index (κ3) is 4.37. The number of aromatic nitrogens is 1. The van der Waals surface area contributed by atoms with Crippen LogP contribution in [0.15, 0.2) is 66.9 Å². The van der Waals surface area contributed by atoms with Crippen LogP contribution in [0.5, 0.6) is 11.6 Å². The van der Waals surface area contributed by atoms with Crippen LogP contribution in [0, 0.1) is 11.6 Å². The minimum absolute atomic E-state index is 0.0196. The molecule has 0 saturated heterocycles. The van der Waals surface area contributed by atoms with Crippen LogP contribution in [0.1, 0.15) is 27.6 Å². The number of halogens is 2. The van der Waals surface area contributed by atoms with Crippen LogP contribution < -0.4 is 4.74 Å². The zero-order chi connectivity index (χ0) is 20.1. The Balaban J connectivity index is 1.75. The molecule has 3 rings (SSSR count). The maximum atomic E-state index is 13.3. The Bertz CT molecular complexity index is 1010. The number of pyridine rings is 1. The first kappa shape index (κ1) is 19.2. The predicted molar refractivity (Wildman–Crippen MR) is 96.3 cm³/mol. The van der Waals surface area contributed by atoms with Crippen LogP contribution in [0.4, 0.5) is 8.78 Å². The number of carbonyl (C=O) groups excluding carboxylic acids is 2. The van der Waals surface area contributed by atoms with Crippen molar-refractivity contribution in [3.63, 3.8) is 0 Å². The molecule has 0 aliphatic heterocycles. The largest absolute Gasteiger partial charge is 0.451 e. The van der Waals surface area contributed by atoms with E-state index in [1.807, 2.05) is 6.07 Å². The van der Waals surface area contributed by atoms with Gasteiger partial charge in [0.25, 0.3) is 0 Å². The molecule has 1 aromatic heterocycles. The zero-order valence-electron chi connectivity index (χ0n) is 14.8. The fourth-order valence-electron chi connectivity index (χ4n) is 2.39. The van der Waals surface area contributed by atoms with Gasteiger partial charge in [-0.3, -0.25) is 4.79 Å². The first-order valence-corrected chi connectivity index (χ1v) is 8.34. The fraction of sp³-hybridized carbons (Fsp3) is 0.0952. The van der Waals surface area contributed by atoms with E-state index in [0.717, 1.165) is 18.2 Å². The Morgan fingerprint density at radius 1 is 0.964 bits per heavy atom. The standard InChI is InChI=1S/C21H15F2NO4/c1-13(19(25)14-9-10-17(22)18(23)12-14)27-21(26)16-8-5-11-24-20(16)28-15-6-3-2-4-7-15/h2-13H,1H3/t13-/m1/s1. The van der Waals surface area contributed by atoms with E-state index in [9.17, 15) is 18.4 Å². The van der Waals surface area contributed by atoms with Crippen molar-refractivity contribution in [3.05, 3.63) is 89.6 Å². The lowest BCUT2D eigenvalue weighted by molar-refractivity contribution is 0.0315. The molecule has 0 bridgehead atoms. The van der Waals surface area contributed by atoms with Gasteiger partial charge in [-0.15, -0.1) is 0 Å². The average molecular weight is 383 g/mol. The Hall–Kier alpha value is -3.61. The molecule has 0 aliphatic carbocycles. The molecule has 1 heterocycles. The van der Waals surface area contributed by atoms with E-state index < -0.39 is 29.5 Å². The molecule has 0 N–H and O–H groups in total. The van der Waals surface area contributed by atoms with Crippen molar-refractivity contribution in [1.29, 1.82) is 0 Å². The molecule has 0 fully saturated rings. The number of rotatable bonds is 6. The average Bonchev–Trinajstić information content (AvgIpc) is 2.70. The van der Waals surface area contributed by atoms with Gasteiger partial charge in [0.05, 0.1) is 0 Å². The van der Waals surface area contributed by atoms with Crippen LogP contribution in [0.25, 0.3) is 0 Å². The van der Waals surface area contributed by atoms with E-state index in [2.05, 4.69) is 4.98 Å². The highest BCUT2D eigenvalue weighted by Gasteiger charge is 2.24. The van der Waals surface area contributed by atoms with E-state index >= 15 is 0 Å². The molecule has 3 aromatic rings. The number of ether oxygens (including phenoxy) is 2. The third-order valence-corrected chi connectivity index (χ3v) is 3.81. The van der Waals surface area contributed by atoms with Gasteiger partial charge in [-0.1, -0.05) is 18.2 Å². The van der Waals surface area contributed by atoms with Crippen LogP contribution in [-0.2, 0) is 4.74 Å². The van der Waals surface area contributed by atoms with Gasteiger partial charge < -0.3 is 9.47 Å². The van der Waals surface area contributed by atoms with E-state index in [1.54, 1.807) is 24.3 Å². The number of hydrogen-bond acceptors (Lipinski definition) is 5. The summed E-state index contributed by atoms with van der Waals surface area (Å²) in [7, 11) is 0. The lowest BCUT2D eigenvalue weighted by Gasteiger charge is -2.14. The maximum absolute atomic E-state index is 13.3. The second-order valence-corrected chi connectivity index (χ2v) is 5.81. The van der Waals surface area contributed by atoms with E-state index in [0.29, 0.717) is 5.75 Å². The molecule has 28 heavy (non-hydrogen) atoms. The predicted octanol–water partition coefficient (Wildman–Crippen LogP) is 4.58. The summed E-state index contributed by atoms with van der Waals surface area (Å²) in [5, 5.41) is 0. The van der Waals surface area contributed by atoms with E-state index in [4.69, 9.17) is 9.47 Å². The number of ketones is 1. The van der Waals surface area contributed by atoms with Gasteiger partial charge in [0, 0.05) is 11.8 Å². The van der Waals surface area contributed by atoms with Gasteiger partial charge in [0.1, 0.15) is 11.3 Å². The van der Waals surface area contributed by atoms with Crippen molar-refractivity contribution < 1.29 is 27.8 Å². The summed E-state index contributed by atoms with van der Waals surface area (Å²) in [4.78, 5) is 28.9. The Morgan fingerprint density at radius 3 is 2.43 bits per heavy atom. The number of nitrogens with zero attached hydrogens (tertiary/aromatic N) is 1. The van der Waals surface area contributed by atoms with Crippen molar-refractivity contribution in [3.8, 4) is 11.6 Å². The number of benzene rings is 2. The van der Waals surface area contributed by atoms with Crippen LogP contribution in [0.2, 0.25) is 0 Å². The third-order valence-electron chi connectivity index (χ3n) is 3.81. The summed E-state index contributed by atoms with van der Waals surface area (Å²) in [6.45, 7) is 1.34. The highest BCUT2D eigenvalue weighted by atomic mass is 19.2. The highest BCUT2D eigenvalue weighted by molar-refractivity contribution is 6.01. The van der Waals surface area contributed by atoms with E-state index in [1.165, 1.54) is 25.3 Å². The van der Waals surface area contributed by atoms with Crippen molar-refractivity contribution in [2.75, 3.05) is 0 Å². The Labute approximate surface area is 159 Å². The Kier molecular flexibility index (Phi) is 5.74. The lowest BCUT2D eigenvalue weighted by Crippen LogP contribution is -2.25. The number of carbonyl (C=O) groups is 2. The quantitative estimate of drug-likeness (QED) is 0.460. The van der Waals surface area contributed by atoms with Gasteiger partial charge in [0.2, 0.25) is 11.7 Å². The summed E-state index contributed by atoms with van der Waals surface area (Å²) in [6, 6.07) is 14.4. The highest BCUT2D eigenvalue weighted by Crippen LogP contribution is 2.24. The molecule has 0 saturated carbocycles. The summed E-state index contributed by atoms with van der Waals surface area (Å²) in [6.07, 6.45) is 0.229. The molecule has 1 atom stereocenters. The minimum atomic E-state index is -1.22. The lowest BCUT2D eigenvalue weighted by atomic mass is 10.1. The normalized spacial score (nSPS) is 11.5. The fourth-order valence-corrected chi connectivity index (χ4v) is 2.39. The summed E-state index contributed by atoms with van der Waals surface area (Å²) in [5.74, 6) is -3.23. The van der Waals surface area contributed by atoms with Crippen molar-refractivity contribution in [1.82, 2.24) is 4.98 Å². The molecule has 0 unspecified atom stereocenters. The second-order valence-electron chi connectivity index (χ2n) is 5.81. The molecule has 5 nitrogen and oxygen atoms in total. The SMILES string of the molecule is C[C@@H](OC(=O)c1cccnc1Oc1ccccc1)C(=O)c1ccc(F)c(F)c1. The first-order valence-electron chi connectivity index (χ1n) is 8.34. The molecule has 0 radical (unpaired) electrons. The van der Waals surface area contributed by atoms with E-state index in [-0.39, 0.29) is 17.0 Å². The topological polar surface area (TPSA) is 65.5 Å². The molecule has 142 valence electrons. The van der Waals surface area contributed by atoms with Crippen LogP contribution in [0.3, 0.4) is 0 Å². The van der Waals surface area contributed by atoms with Crippen molar-refractivity contribution >= 4 is 11.8 Å². The molecule has 0 amide bonds. The van der Waals surface area contributed by atoms with Crippen LogP contribution >= 0.6 is 0 Å². The smallest absolute Gasteiger partial charge is 0.344 e. The molecule has 0 aliphatic rings. The summed E-state index contributed by atoms with van der Waals surface area (Å²) >= 11 is 0. The first-order chi connectivity index (χ1) is 13.5. The number of esters is 1. The number of hydrogen-bond donors (Lipinski definition) is 0. The maximum Gasteiger partial charge on any atom is 0.344 e. The van der Waals surface area contributed by atoms with Crippen LogP contribution in [-0.4, -0.2) is 22.8 Å². The molecule has 0 spiro atoms. The molecular formula is C21H15F2NO4. The van der Waals surface area contributed by atoms with Gasteiger partial charge in [-0.25, -0.2) is 18.6 Å². The van der Waals surface area contributed by atoms with Gasteiger partial charge in [0.15, 0.2) is 17.7 Å². The van der Waals surface area contributed by atoms with Gasteiger partial charge in [-0.2, -0.15) is 0 Å². The van der Waals surface area contributed by atoms with Crippen molar-refractivity contribution in [2.45, 2.75) is 13.0 Å². The monoisotopic (exact) mass is 383 g/mol. The number of Topliss-reactive ketones (excluding diaryl/α,β-unsaturated/α-hetero) is 1. The number of para-hydroxylation sites is 1. The Morgan fingerprint density at radius 2 is 1.71 bits per heavy atom. The molecule has 7 heteroatoms. The second kappa shape index (κ2) is 8.39. The molecular weight excluding hydrogens is 368 g/mol. The summed E-state index contributed by atoms with van der Waals surface area (Å²) in [5.41, 5.74) is -0.0811. The van der Waals surface area contributed by atoms with Gasteiger partial charge in [-0.05, 0) is 49.4 Å². The van der Waals surface area contributed by atoms with Crippen molar-refractivity contribution in [2.24, 2.45) is 0 Å².